The van der Waals surface area contributed by atoms with Crippen LogP contribution in [-0.4, -0.2) is 10.1 Å². The summed E-state index contributed by atoms with van der Waals surface area (Å²) in [5, 5.41) is 2.24. The van der Waals surface area contributed by atoms with Crippen molar-refractivity contribution in [3.05, 3.63) is 22.8 Å². The molecule has 0 radical (unpaired) electrons. The van der Waals surface area contributed by atoms with Crippen molar-refractivity contribution >= 4 is 39.1 Å². The molecular formula is C6H3BrN2S. The van der Waals surface area contributed by atoms with Crippen LogP contribution < -0.4 is 0 Å². The molecule has 0 saturated carbocycles. The quantitative estimate of drug-likeness (QED) is 0.531. The SMILES string of the molecule is S=C=Nc1ncccc1Br. The number of isothiocyanates is 1. The monoisotopic (exact) mass is 214 g/mol. The molecule has 1 aromatic heterocycles. The van der Waals surface area contributed by atoms with Crippen molar-refractivity contribution in [2.24, 2.45) is 4.99 Å². The van der Waals surface area contributed by atoms with Crippen LogP contribution in [0.4, 0.5) is 5.82 Å². The molecule has 50 valence electrons. The Balaban J connectivity index is 3.14. The highest BCUT2D eigenvalue weighted by molar-refractivity contribution is 9.10. The number of rotatable bonds is 1. The summed E-state index contributed by atoms with van der Waals surface area (Å²) in [6.45, 7) is 0. The van der Waals surface area contributed by atoms with Crippen molar-refractivity contribution in [3.63, 3.8) is 0 Å². The van der Waals surface area contributed by atoms with Gasteiger partial charge in [0.15, 0.2) is 5.82 Å². The number of aliphatic imine (C=N–C) groups is 1. The van der Waals surface area contributed by atoms with E-state index >= 15 is 0 Å². The van der Waals surface area contributed by atoms with Gasteiger partial charge in [-0.15, -0.1) is 0 Å². The molecule has 1 heterocycles. The molecule has 2 nitrogen and oxygen atoms in total. The third-order valence-corrected chi connectivity index (χ3v) is 1.60. The van der Waals surface area contributed by atoms with Crippen LogP contribution in [0.25, 0.3) is 0 Å². The van der Waals surface area contributed by atoms with Gasteiger partial charge in [-0.3, -0.25) is 0 Å². The molecule has 0 unspecified atom stereocenters. The zero-order valence-electron chi connectivity index (χ0n) is 4.91. The van der Waals surface area contributed by atoms with Crippen LogP contribution in [0.15, 0.2) is 27.8 Å². The van der Waals surface area contributed by atoms with Gasteiger partial charge in [-0.1, -0.05) is 0 Å². The van der Waals surface area contributed by atoms with E-state index in [-0.39, 0.29) is 0 Å². The molecule has 0 N–H and O–H groups in total. The summed E-state index contributed by atoms with van der Waals surface area (Å²) in [6.07, 6.45) is 1.65. The maximum Gasteiger partial charge on any atom is 0.176 e. The van der Waals surface area contributed by atoms with Crippen LogP contribution in [0.1, 0.15) is 0 Å². The van der Waals surface area contributed by atoms with Gasteiger partial charge in [0.05, 0.1) is 9.63 Å². The third-order valence-electron chi connectivity index (χ3n) is 0.891. The highest BCUT2D eigenvalue weighted by atomic mass is 79.9. The molecule has 0 aliphatic heterocycles. The molecule has 0 spiro atoms. The van der Waals surface area contributed by atoms with Crippen LogP contribution in [0.5, 0.6) is 0 Å². The summed E-state index contributed by atoms with van der Waals surface area (Å²) in [5.74, 6) is 0.567. The van der Waals surface area contributed by atoms with Crippen molar-refractivity contribution in [2.75, 3.05) is 0 Å². The molecule has 1 rings (SSSR count). The molecule has 0 aliphatic carbocycles. The average Bonchev–Trinajstić information content (AvgIpc) is 1.94. The zero-order chi connectivity index (χ0) is 7.40. The molecule has 0 bridgehead atoms. The predicted octanol–water partition coefficient (Wildman–Crippen LogP) is 2.58. The molecule has 0 aromatic carbocycles. The van der Waals surface area contributed by atoms with Gasteiger partial charge in [0.25, 0.3) is 0 Å². The lowest BCUT2D eigenvalue weighted by Gasteiger charge is -1.90. The van der Waals surface area contributed by atoms with E-state index in [4.69, 9.17) is 0 Å². The largest absolute Gasteiger partial charge is 0.236 e. The Hall–Kier alpha value is -0.570. The van der Waals surface area contributed by atoms with Gasteiger partial charge in [-0.05, 0) is 40.3 Å². The summed E-state index contributed by atoms with van der Waals surface area (Å²) in [6, 6.07) is 3.66. The molecule has 0 fully saturated rings. The van der Waals surface area contributed by atoms with E-state index in [2.05, 4.69) is 43.3 Å². The first kappa shape index (κ1) is 7.54. The zero-order valence-corrected chi connectivity index (χ0v) is 7.32. The minimum absolute atomic E-state index is 0.567. The van der Waals surface area contributed by atoms with Crippen LogP contribution >= 0.6 is 28.1 Å². The lowest BCUT2D eigenvalue weighted by atomic mass is 10.5. The second kappa shape index (κ2) is 3.56. The van der Waals surface area contributed by atoms with Gasteiger partial charge in [0, 0.05) is 6.20 Å². The number of hydrogen-bond acceptors (Lipinski definition) is 3. The highest BCUT2D eigenvalue weighted by Gasteiger charge is 1.93. The number of thiocarbonyl (C=S) groups is 1. The summed E-state index contributed by atoms with van der Waals surface area (Å²) in [7, 11) is 0. The molecule has 0 saturated heterocycles. The van der Waals surface area contributed by atoms with Crippen LogP contribution in [0, 0.1) is 0 Å². The van der Waals surface area contributed by atoms with Crippen molar-refractivity contribution in [2.45, 2.75) is 0 Å². The van der Waals surface area contributed by atoms with Crippen molar-refractivity contribution in [1.29, 1.82) is 0 Å². The van der Waals surface area contributed by atoms with E-state index in [1.807, 2.05) is 12.1 Å². The van der Waals surface area contributed by atoms with Gasteiger partial charge < -0.3 is 0 Å². The first-order valence-corrected chi connectivity index (χ1v) is 3.73. The normalized spacial score (nSPS) is 8.50. The third kappa shape index (κ3) is 1.70. The lowest BCUT2D eigenvalue weighted by Crippen LogP contribution is -1.72. The number of pyridine rings is 1. The summed E-state index contributed by atoms with van der Waals surface area (Å²) >= 11 is 7.67. The smallest absolute Gasteiger partial charge is 0.176 e. The Morgan fingerprint density at radius 3 is 3.10 bits per heavy atom. The first-order chi connectivity index (χ1) is 4.84. The van der Waals surface area contributed by atoms with Crippen LogP contribution in [-0.2, 0) is 0 Å². The first-order valence-electron chi connectivity index (χ1n) is 2.53. The van der Waals surface area contributed by atoms with E-state index in [1.54, 1.807) is 6.20 Å². The fourth-order valence-electron chi connectivity index (χ4n) is 0.503. The second-order valence-corrected chi connectivity index (χ2v) is 2.55. The summed E-state index contributed by atoms with van der Waals surface area (Å²) in [5.41, 5.74) is 0. The molecule has 0 atom stereocenters. The highest BCUT2D eigenvalue weighted by Crippen LogP contribution is 2.20. The predicted molar refractivity (Wildman–Crippen MR) is 46.6 cm³/mol. The Morgan fingerprint density at radius 2 is 2.50 bits per heavy atom. The molecule has 10 heavy (non-hydrogen) atoms. The number of hydrogen-bond donors (Lipinski definition) is 0. The number of halogens is 1. The Morgan fingerprint density at radius 1 is 1.70 bits per heavy atom. The maximum atomic E-state index is 4.42. The van der Waals surface area contributed by atoms with Crippen LogP contribution in [0.3, 0.4) is 0 Å². The summed E-state index contributed by atoms with van der Waals surface area (Å²) < 4.78 is 0.826. The van der Waals surface area contributed by atoms with Crippen molar-refractivity contribution < 1.29 is 0 Å². The van der Waals surface area contributed by atoms with Crippen molar-refractivity contribution in [1.82, 2.24) is 4.98 Å². The van der Waals surface area contributed by atoms with E-state index < -0.39 is 0 Å². The van der Waals surface area contributed by atoms with Gasteiger partial charge in [0.2, 0.25) is 0 Å². The minimum atomic E-state index is 0.567. The molecular weight excluding hydrogens is 212 g/mol. The van der Waals surface area contributed by atoms with Gasteiger partial charge >= 0.3 is 0 Å². The topological polar surface area (TPSA) is 25.2 Å². The van der Waals surface area contributed by atoms with Crippen molar-refractivity contribution in [3.8, 4) is 0 Å². The fourth-order valence-corrected chi connectivity index (χ4v) is 0.933. The average molecular weight is 215 g/mol. The van der Waals surface area contributed by atoms with E-state index in [9.17, 15) is 0 Å². The van der Waals surface area contributed by atoms with E-state index in [1.165, 1.54) is 0 Å². The molecule has 4 heteroatoms. The fraction of sp³-hybridized carbons (Fsp3) is 0. The minimum Gasteiger partial charge on any atom is -0.236 e. The van der Waals surface area contributed by atoms with Crippen LogP contribution in [0.2, 0.25) is 0 Å². The van der Waals surface area contributed by atoms with E-state index in [0.29, 0.717) is 5.82 Å². The second-order valence-electron chi connectivity index (χ2n) is 1.51. The Kier molecular flexibility index (Phi) is 2.68. The number of aromatic nitrogens is 1. The van der Waals surface area contributed by atoms with E-state index in [0.717, 1.165) is 4.47 Å². The Bertz CT molecular complexity index is 281. The molecule has 0 amide bonds. The lowest BCUT2D eigenvalue weighted by molar-refractivity contribution is 1.27. The number of nitrogens with zero attached hydrogens (tertiary/aromatic N) is 2. The Labute approximate surface area is 72.1 Å². The van der Waals surface area contributed by atoms with Gasteiger partial charge in [0.1, 0.15) is 0 Å². The van der Waals surface area contributed by atoms with Gasteiger partial charge in [-0.25, -0.2) is 4.98 Å². The van der Waals surface area contributed by atoms with Gasteiger partial charge in [-0.2, -0.15) is 4.99 Å². The standard InChI is InChI=1S/C6H3BrN2S/c7-5-2-1-3-8-6(5)9-4-10/h1-3H. The molecule has 1 aromatic rings. The summed E-state index contributed by atoms with van der Waals surface area (Å²) in [4.78, 5) is 7.64. The maximum absolute atomic E-state index is 4.42. The molecule has 0 aliphatic rings.